The zero-order valence-corrected chi connectivity index (χ0v) is 18.6. The summed E-state index contributed by atoms with van der Waals surface area (Å²) in [5.41, 5.74) is 1.30. The molecule has 0 aliphatic carbocycles. The number of nitrogens with zero attached hydrogens (tertiary/aromatic N) is 3. The fourth-order valence-corrected chi connectivity index (χ4v) is 5.57. The van der Waals surface area contributed by atoms with E-state index in [2.05, 4.69) is 16.9 Å². The third-order valence-corrected chi connectivity index (χ3v) is 7.24. The molecule has 3 aromatic heterocycles. The Bertz CT molecular complexity index is 1360. The number of nitriles is 1. The molecular formula is C22H16N4O2S3. The number of hydrogen-bond acceptors (Lipinski definition) is 7. The molecule has 0 saturated carbocycles. The number of rotatable bonds is 7. The summed E-state index contributed by atoms with van der Waals surface area (Å²) in [6.45, 7) is 4.03. The summed E-state index contributed by atoms with van der Waals surface area (Å²) >= 11 is 3.93. The van der Waals surface area contributed by atoms with Crippen molar-refractivity contribution in [1.82, 2.24) is 9.55 Å². The number of carbonyl (C=O) groups is 1. The Kier molecular flexibility index (Phi) is 6.32. The number of carbonyl (C=O) groups excluding carboxylic acids is 1. The van der Waals surface area contributed by atoms with Gasteiger partial charge < -0.3 is 5.32 Å². The van der Waals surface area contributed by atoms with Crippen LogP contribution < -0.4 is 10.9 Å². The maximum atomic E-state index is 13.1. The molecule has 31 heavy (non-hydrogen) atoms. The fraction of sp³-hybridized carbons (Fsp3) is 0.0909. The van der Waals surface area contributed by atoms with Gasteiger partial charge in [-0.25, -0.2) is 4.98 Å². The van der Waals surface area contributed by atoms with Crippen LogP contribution in [0.25, 0.3) is 20.7 Å². The van der Waals surface area contributed by atoms with E-state index in [4.69, 9.17) is 5.26 Å². The molecule has 0 aliphatic heterocycles. The minimum absolute atomic E-state index is 0.0643. The van der Waals surface area contributed by atoms with E-state index in [0.29, 0.717) is 32.5 Å². The van der Waals surface area contributed by atoms with Crippen LogP contribution in [-0.2, 0) is 11.3 Å². The largest absolute Gasteiger partial charge is 0.316 e. The van der Waals surface area contributed by atoms with Gasteiger partial charge in [0.05, 0.1) is 16.7 Å². The summed E-state index contributed by atoms with van der Waals surface area (Å²) in [5, 5.41) is 15.1. The number of fused-ring (bicyclic) bond motifs is 1. The molecule has 0 saturated heterocycles. The molecule has 0 atom stereocenters. The van der Waals surface area contributed by atoms with Gasteiger partial charge in [0.1, 0.15) is 15.9 Å². The van der Waals surface area contributed by atoms with Crippen molar-refractivity contribution in [2.45, 2.75) is 11.7 Å². The van der Waals surface area contributed by atoms with E-state index in [-0.39, 0.29) is 17.2 Å². The van der Waals surface area contributed by atoms with Crippen molar-refractivity contribution in [3.8, 4) is 16.5 Å². The van der Waals surface area contributed by atoms with Crippen LogP contribution in [0, 0.1) is 11.3 Å². The Morgan fingerprint density at radius 1 is 1.32 bits per heavy atom. The van der Waals surface area contributed by atoms with E-state index in [1.165, 1.54) is 39.0 Å². The van der Waals surface area contributed by atoms with Crippen molar-refractivity contribution in [2.24, 2.45) is 0 Å². The molecule has 0 radical (unpaired) electrons. The second-order valence-electron chi connectivity index (χ2n) is 6.41. The molecule has 0 fully saturated rings. The average Bonchev–Trinajstić information content (AvgIpc) is 3.42. The fourth-order valence-electron chi connectivity index (χ4n) is 2.93. The van der Waals surface area contributed by atoms with Gasteiger partial charge in [0.15, 0.2) is 5.16 Å². The van der Waals surface area contributed by atoms with E-state index in [1.54, 1.807) is 17.5 Å². The van der Waals surface area contributed by atoms with E-state index in [0.717, 1.165) is 10.4 Å². The second-order valence-corrected chi connectivity index (χ2v) is 9.30. The van der Waals surface area contributed by atoms with Gasteiger partial charge >= 0.3 is 0 Å². The molecule has 0 bridgehead atoms. The maximum absolute atomic E-state index is 13.1. The molecule has 4 aromatic rings. The smallest absolute Gasteiger partial charge is 0.263 e. The quantitative estimate of drug-likeness (QED) is 0.237. The minimum Gasteiger partial charge on any atom is -0.316 e. The Morgan fingerprint density at radius 3 is 2.87 bits per heavy atom. The Labute approximate surface area is 190 Å². The Morgan fingerprint density at radius 2 is 2.13 bits per heavy atom. The van der Waals surface area contributed by atoms with E-state index < -0.39 is 0 Å². The van der Waals surface area contributed by atoms with Gasteiger partial charge in [-0.2, -0.15) is 5.26 Å². The molecule has 0 spiro atoms. The second kappa shape index (κ2) is 9.31. The number of benzene rings is 1. The van der Waals surface area contributed by atoms with E-state index in [9.17, 15) is 9.59 Å². The third kappa shape index (κ3) is 4.46. The first-order valence-corrected chi connectivity index (χ1v) is 11.9. The number of anilines is 1. The first-order chi connectivity index (χ1) is 15.1. The van der Waals surface area contributed by atoms with Gasteiger partial charge in [-0.05, 0) is 23.1 Å². The number of aromatic nitrogens is 2. The van der Waals surface area contributed by atoms with Crippen LogP contribution in [0.1, 0.15) is 5.56 Å². The van der Waals surface area contributed by atoms with E-state index in [1.807, 2.05) is 42.5 Å². The highest BCUT2D eigenvalue weighted by molar-refractivity contribution is 7.99. The lowest BCUT2D eigenvalue weighted by atomic mass is 10.2. The molecule has 0 unspecified atom stereocenters. The van der Waals surface area contributed by atoms with Crippen molar-refractivity contribution < 1.29 is 4.79 Å². The number of allylic oxidation sites excluding steroid dienone is 1. The lowest BCUT2D eigenvalue weighted by molar-refractivity contribution is -0.113. The molecule has 1 amide bonds. The molecule has 1 N–H and O–H groups in total. The number of nitrogens with one attached hydrogen (secondary N) is 1. The summed E-state index contributed by atoms with van der Waals surface area (Å²) in [7, 11) is 0. The predicted octanol–water partition coefficient (Wildman–Crippen LogP) is 4.97. The Balaban J connectivity index is 1.62. The molecular weight excluding hydrogens is 448 g/mol. The first-order valence-electron chi connectivity index (χ1n) is 9.21. The van der Waals surface area contributed by atoms with Crippen LogP contribution >= 0.6 is 34.4 Å². The summed E-state index contributed by atoms with van der Waals surface area (Å²) in [6.07, 6.45) is 1.63. The summed E-state index contributed by atoms with van der Waals surface area (Å²) in [6, 6.07) is 15.4. The van der Waals surface area contributed by atoms with Gasteiger partial charge in [-0.3, -0.25) is 14.2 Å². The van der Waals surface area contributed by atoms with Crippen LogP contribution in [0.2, 0.25) is 0 Å². The van der Waals surface area contributed by atoms with Crippen molar-refractivity contribution in [3.63, 3.8) is 0 Å². The van der Waals surface area contributed by atoms with Gasteiger partial charge in [0.25, 0.3) is 5.56 Å². The zero-order valence-electron chi connectivity index (χ0n) is 16.2. The van der Waals surface area contributed by atoms with Crippen LogP contribution in [0.3, 0.4) is 0 Å². The number of hydrogen-bond donors (Lipinski definition) is 1. The standard InChI is InChI=1S/C22H16N4O2S3/c1-2-9-26-21(28)16-11-17(14-6-4-3-5-7-14)31-20(16)25-22(26)30-13-18(27)24-19-15(12-23)8-10-29-19/h2-8,10-11H,1,9,13H2,(H,24,27). The lowest BCUT2D eigenvalue weighted by Crippen LogP contribution is -2.23. The number of thiophene rings is 2. The molecule has 1 aromatic carbocycles. The van der Waals surface area contributed by atoms with Crippen molar-refractivity contribution in [1.29, 1.82) is 5.26 Å². The molecule has 0 aliphatic rings. The van der Waals surface area contributed by atoms with Gasteiger partial charge in [0, 0.05) is 11.4 Å². The van der Waals surface area contributed by atoms with E-state index >= 15 is 0 Å². The van der Waals surface area contributed by atoms with Gasteiger partial charge in [-0.15, -0.1) is 29.3 Å². The van der Waals surface area contributed by atoms with Crippen molar-refractivity contribution >= 4 is 55.6 Å². The van der Waals surface area contributed by atoms with Crippen molar-refractivity contribution in [2.75, 3.05) is 11.1 Å². The topological polar surface area (TPSA) is 87.8 Å². The summed E-state index contributed by atoms with van der Waals surface area (Å²) in [4.78, 5) is 31.8. The van der Waals surface area contributed by atoms with Crippen molar-refractivity contribution in [3.05, 3.63) is 76.4 Å². The molecule has 3 heterocycles. The van der Waals surface area contributed by atoms with Crippen LogP contribution in [-0.4, -0.2) is 21.2 Å². The highest BCUT2D eigenvalue weighted by Crippen LogP contribution is 2.32. The molecule has 6 nitrogen and oxygen atoms in total. The van der Waals surface area contributed by atoms with Gasteiger partial charge in [-0.1, -0.05) is 48.2 Å². The van der Waals surface area contributed by atoms with Crippen LogP contribution in [0.4, 0.5) is 5.00 Å². The van der Waals surface area contributed by atoms with Crippen LogP contribution in [0.5, 0.6) is 0 Å². The first kappa shape index (κ1) is 21.1. The SMILES string of the molecule is C=CCn1c(SCC(=O)Nc2sccc2C#N)nc2sc(-c3ccccc3)cc2c1=O. The molecule has 9 heteroatoms. The predicted molar refractivity (Wildman–Crippen MR) is 128 cm³/mol. The minimum atomic E-state index is -0.264. The summed E-state index contributed by atoms with van der Waals surface area (Å²) in [5.74, 6) is -0.200. The molecule has 154 valence electrons. The van der Waals surface area contributed by atoms with Crippen LogP contribution in [0.15, 0.2) is 70.5 Å². The normalized spacial score (nSPS) is 10.7. The third-order valence-electron chi connectivity index (χ3n) is 4.36. The lowest BCUT2D eigenvalue weighted by Gasteiger charge is -2.10. The Hall–Kier alpha value is -3.19. The number of amides is 1. The molecule has 4 rings (SSSR count). The summed E-state index contributed by atoms with van der Waals surface area (Å²) < 4.78 is 1.53. The highest BCUT2D eigenvalue weighted by atomic mass is 32.2. The maximum Gasteiger partial charge on any atom is 0.263 e. The average molecular weight is 465 g/mol. The number of thioether (sulfide) groups is 1. The van der Waals surface area contributed by atoms with Gasteiger partial charge in [0.2, 0.25) is 5.91 Å². The zero-order chi connectivity index (χ0) is 21.8. The monoisotopic (exact) mass is 464 g/mol. The highest BCUT2D eigenvalue weighted by Gasteiger charge is 2.16.